The van der Waals surface area contributed by atoms with Gasteiger partial charge in [0.2, 0.25) is 0 Å². The molecule has 2 aromatic heterocycles. The van der Waals surface area contributed by atoms with Crippen molar-refractivity contribution in [1.82, 2.24) is 9.97 Å². The molecule has 0 aliphatic carbocycles. The van der Waals surface area contributed by atoms with Gasteiger partial charge in [0.1, 0.15) is 5.03 Å². The summed E-state index contributed by atoms with van der Waals surface area (Å²) in [6.45, 7) is 0. The number of nitrogens with zero attached hydrogens (tertiary/aromatic N) is 1. The summed E-state index contributed by atoms with van der Waals surface area (Å²) in [6, 6.07) is 11.4. The van der Waals surface area contributed by atoms with E-state index in [0.29, 0.717) is 5.56 Å². The van der Waals surface area contributed by atoms with Crippen molar-refractivity contribution in [1.29, 1.82) is 0 Å². The van der Waals surface area contributed by atoms with Crippen molar-refractivity contribution in [3.63, 3.8) is 0 Å². The van der Waals surface area contributed by atoms with Gasteiger partial charge in [-0.2, -0.15) is 0 Å². The summed E-state index contributed by atoms with van der Waals surface area (Å²) in [4.78, 5) is 19.7. The van der Waals surface area contributed by atoms with E-state index < -0.39 is 0 Å². The molecule has 2 N–H and O–H groups in total. The Bertz CT molecular complexity index is 766. The quantitative estimate of drug-likeness (QED) is 0.723. The molecule has 3 aromatic rings. The number of aromatic nitrogens is 2. The van der Waals surface area contributed by atoms with Crippen molar-refractivity contribution in [2.45, 2.75) is 5.03 Å². The van der Waals surface area contributed by atoms with E-state index in [1.165, 1.54) is 11.8 Å². The van der Waals surface area contributed by atoms with Gasteiger partial charge in [-0.05, 0) is 24.5 Å². The van der Waals surface area contributed by atoms with Crippen LogP contribution in [0, 0.1) is 0 Å². The molecule has 0 atom stereocenters. The minimum absolute atomic E-state index is 0.146. The van der Waals surface area contributed by atoms with E-state index >= 15 is 0 Å². The number of fused-ring (bicyclic) bond motifs is 1. The Labute approximate surface area is 120 Å². The second-order valence-corrected chi connectivity index (χ2v) is 5.06. The number of hydrogen-bond donors (Lipinski definition) is 2. The lowest BCUT2D eigenvalue weighted by atomic mass is 10.2. The maximum absolute atomic E-state index is 12.4. The van der Waals surface area contributed by atoms with E-state index in [9.17, 15) is 4.79 Å². The first-order chi connectivity index (χ1) is 9.79. The molecule has 0 radical (unpaired) electrons. The summed E-state index contributed by atoms with van der Waals surface area (Å²) >= 11 is 1.46. The van der Waals surface area contributed by atoms with E-state index in [-0.39, 0.29) is 5.91 Å². The molecule has 5 heteroatoms. The molecule has 4 nitrogen and oxygen atoms in total. The summed E-state index contributed by atoms with van der Waals surface area (Å²) in [7, 11) is 0. The molecule has 0 unspecified atom stereocenters. The van der Waals surface area contributed by atoms with Crippen LogP contribution in [0.15, 0.2) is 53.8 Å². The minimum atomic E-state index is -0.146. The molecule has 0 saturated carbocycles. The molecule has 0 fully saturated rings. The van der Waals surface area contributed by atoms with E-state index in [1.54, 1.807) is 24.5 Å². The van der Waals surface area contributed by atoms with Crippen LogP contribution in [-0.4, -0.2) is 22.1 Å². The number of anilines is 1. The van der Waals surface area contributed by atoms with E-state index in [1.807, 2.05) is 30.5 Å². The van der Waals surface area contributed by atoms with Gasteiger partial charge in [0.25, 0.3) is 5.91 Å². The van der Waals surface area contributed by atoms with Gasteiger partial charge in [0.15, 0.2) is 0 Å². The van der Waals surface area contributed by atoms with Crippen LogP contribution in [0.25, 0.3) is 10.9 Å². The third-order valence-corrected chi connectivity index (χ3v) is 3.76. The number of carbonyl (C=O) groups excluding carboxylic acids is 1. The number of hydrogen-bond acceptors (Lipinski definition) is 3. The number of benzene rings is 1. The number of aromatic amines is 1. The van der Waals surface area contributed by atoms with Crippen molar-refractivity contribution in [2.24, 2.45) is 0 Å². The number of carbonyl (C=O) groups is 1. The Morgan fingerprint density at radius 2 is 2.10 bits per heavy atom. The molecule has 0 bridgehead atoms. The zero-order valence-corrected chi connectivity index (χ0v) is 11.7. The largest absolute Gasteiger partial charge is 0.359 e. The summed E-state index contributed by atoms with van der Waals surface area (Å²) in [6.07, 6.45) is 5.40. The first kappa shape index (κ1) is 12.7. The molecule has 1 amide bonds. The van der Waals surface area contributed by atoms with Crippen molar-refractivity contribution >= 4 is 34.3 Å². The molecule has 0 spiro atoms. The van der Waals surface area contributed by atoms with Crippen molar-refractivity contribution < 1.29 is 4.79 Å². The van der Waals surface area contributed by atoms with Crippen LogP contribution in [-0.2, 0) is 0 Å². The van der Waals surface area contributed by atoms with Crippen molar-refractivity contribution in [3.8, 4) is 0 Å². The molecule has 100 valence electrons. The summed E-state index contributed by atoms with van der Waals surface area (Å²) in [5.74, 6) is -0.146. The zero-order chi connectivity index (χ0) is 13.9. The lowest BCUT2D eigenvalue weighted by Gasteiger charge is -2.06. The molecule has 3 rings (SSSR count). The van der Waals surface area contributed by atoms with Crippen LogP contribution in [0.3, 0.4) is 0 Å². The molecular formula is C15H13N3OS. The summed E-state index contributed by atoms with van der Waals surface area (Å²) in [5.41, 5.74) is 2.37. The van der Waals surface area contributed by atoms with Crippen LogP contribution in [0.2, 0.25) is 0 Å². The highest BCUT2D eigenvalue weighted by molar-refractivity contribution is 7.98. The van der Waals surface area contributed by atoms with Crippen molar-refractivity contribution in [3.05, 3.63) is 54.4 Å². The Hall–Kier alpha value is -2.27. The lowest BCUT2D eigenvalue weighted by Crippen LogP contribution is -2.13. The first-order valence-corrected chi connectivity index (χ1v) is 7.38. The fraction of sp³-hybridized carbons (Fsp3) is 0.0667. The van der Waals surface area contributed by atoms with Crippen LogP contribution < -0.4 is 5.32 Å². The van der Waals surface area contributed by atoms with Gasteiger partial charge >= 0.3 is 0 Å². The number of para-hydroxylation sites is 1. The Kier molecular flexibility index (Phi) is 3.43. The van der Waals surface area contributed by atoms with Crippen LogP contribution in [0.1, 0.15) is 10.4 Å². The second kappa shape index (κ2) is 5.38. The number of nitrogens with one attached hydrogen (secondary N) is 2. The second-order valence-electron chi connectivity index (χ2n) is 4.26. The van der Waals surface area contributed by atoms with Crippen molar-refractivity contribution in [2.75, 3.05) is 11.6 Å². The monoisotopic (exact) mass is 283 g/mol. The highest BCUT2D eigenvalue weighted by atomic mass is 32.2. The molecule has 20 heavy (non-hydrogen) atoms. The zero-order valence-electron chi connectivity index (χ0n) is 10.9. The maximum atomic E-state index is 12.4. The van der Waals surface area contributed by atoms with E-state index in [2.05, 4.69) is 15.3 Å². The average molecular weight is 283 g/mol. The normalized spacial score (nSPS) is 10.7. The van der Waals surface area contributed by atoms with E-state index in [0.717, 1.165) is 21.6 Å². The van der Waals surface area contributed by atoms with E-state index in [4.69, 9.17) is 0 Å². The minimum Gasteiger partial charge on any atom is -0.359 e. The lowest BCUT2D eigenvalue weighted by molar-refractivity contribution is 0.102. The van der Waals surface area contributed by atoms with Gasteiger partial charge in [0, 0.05) is 23.3 Å². The van der Waals surface area contributed by atoms with Crippen LogP contribution >= 0.6 is 11.8 Å². The highest BCUT2D eigenvalue weighted by Crippen LogP contribution is 2.24. The van der Waals surface area contributed by atoms with Gasteiger partial charge in [0.05, 0.1) is 11.3 Å². The molecule has 2 heterocycles. The molecular weight excluding hydrogens is 270 g/mol. The number of pyridine rings is 1. The summed E-state index contributed by atoms with van der Waals surface area (Å²) in [5, 5.41) is 4.65. The average Bonchev–Trinajstić information content (AvgIpc) is 2.90. The molecule has 0 saturated heterocycles. The Morgan fingerprint density at radius 1 is 1.25 bits per heavy atom. The summed E-state index contributed by atoms with van der Waals surface area (Å²) < 4.78 is 0. The fourth-order valence-electron chi connectivity index (χ4n) is 2.09. The third kappa shape index (κ3) is 2.28. The van der Waals surface area contributed by atoms with Gasteiger partial charge in [-0.3, -0.25) is 4.79 Å². The van der Waals surface area contributed by atoms with Crippen LogP contribution in [0.5, 0.6) is 0 Å². The third-order valence-electron chi connectivity index (χ3n) is 3.05. The number of rotatable bonds is 3. The first-order valence-electron chi connectivity index (χ1n) is 6.16. The van der Waals surface area contributed by atoms with Gasteiger partial charge in [-0.15, -0.1) is 11.8 Å². The van der Waals surface area contributed by atoms with Gasteiger partial charge in [-0.1, -0.05) is 18.2 Å². The number of H-pyrrole nitrogens is 1. The predicted octanol–water partition coefficient (Wildman–Crippen LogP) is 3.54. The van der Waals surface area contributed by atoms with Gasteiger partial charge in [-0.25, -0.2) is 4.98 Å². The number of thioether (sulfide) groups is 1. The Morgan fingerprint density at radius 3 is 2.95 bits per heavy atom. The highest BCUT2D eigenvalue weighted by Gasteiger charge is 2.13. The molecule has 0 aliphatic rings. The van der Waals surface area contributed by atoms with Crippen LogP contribution in [0.4, 0.5) is 5.69 Å². The maximum Gasteiger partial charge on any atom is 0.258 e. The smallest absolute Gasteiger partial charge is 0.258 e. The topological polar surface area (TPSA) is 57.8 Å². The molecule has 0 aliphatic heterocycles. The number of amides is 1. The predicted molar refractivity (Wildman–Crippen MR) is 82.3 cm³/mol. The fourth-order valence-corrected chi connectivity index (χ4v) is 2.64. The van der Waals surface area contributed by atoms with Gasteiger partial charge < -0.3 is 10.3 Å². The SMILES string of the molecule is CSc1ncccc1C(=O)Nc1c[nH]c2ccccc12. The Balaban J connectivity index is 1.93. The molecule has 1 aromatic carbocycles. The standard InChI is InChI=1S/C15H13N3OS/c1-20-15-11(6-4-8-16-15)14(19)18-13-9-17-12-7-3-2-5-10(12)13/h2-9,17H,1H3,(H,18,19).